The highest BCUT2D eigenvalue weighted by Crippen LogP contribution is 2.41. The summed E-state index contributed by atoms with van der Waals surface area (Å²) in [6, 6.07) is 15.4. The van der Waals surface area contributed by atoms with Crippen LogP contribution in [-0.4, -0.2) is 23.4 Å². The zero-order chi connectivity index (χ0) is 17.2. The first-order chi connectivity index (χ1) is 11.5. The van der Waals surface area contributed by atoms with Gasteiger partial charge in [-0.2, -0.15) is 0 Å². The first-order valence-electron chi connectivity index (χ1n) is 8.17. The molecule has 4 heteroatoms. The molecule has 0 aliphatic carbocycles. The maximum atomic E-state index is 10.7. The summed E-state index contributed by atoms with van der Waals surface area (Å²) in [4.78, 5) is 3.49. The van der Waals surface area contributed by atoms with Crippen molar-refractivity contribution in [3.8, 4) is 5.75 Å². The number of ether oxygens (including phenoxy) is 1. The van der Waals surface area contributed by atoms with Crippen LogP contribution in [0, 0.1) is 6.57 Å². The second kappa shape index (κ2) is 6.64. The topological polar surface area (TPSA) is 45.9 Å². The van der Waals surface area contributed by atoms with Gasteiger partial charge in [0.25, 0.3) is 0 Å². The van der Waals surface area contributed by atoms with Gasteiger partial charge in [0.1, 0.15) is 17.5 Å². The largest absolute Gasteiger partial charge is 0.485 e. The molecule has 2 unspecified atom stereocenters. The monoisotopic (exact) mass is 322 g/mol. The Hall–Kier alpha value is -2.35. The van der Waals surface area contributed by atoms with E-state index in [1.165, 1.54) is 5.56 Å². The summed E-state index contributed by atoms with van der Waals surface area (Å²) < 4.78 is 5.93. The summed E-state index contributed by atoms with van der Waals surface area (Å²) in [6.07, 6.45) is 0.185. The van der Waals surface area contributed by atoms with Gasteiger partial charge in [-0.05, 0) is 44.5 Å². The van der Waals surface area contributed by atoms with E-state index in [2.05, 4.69) is 22.3 Å². The second-order valence-electron chi connectivity index (χ2n) is 6.65. The average Bonchev–Trinajstić information content (AvgIpc) is 2.58. The molecule has 1 aliphatic rings. The maximum Gasteiger partial charge on any atom is 0.187 e. The summed E-state index contributed by atoms with van der Waals surface area (Å²) in [7, 11) is 0. The minimum atomic E-state index is -0.693. The van der Waals surface area contributed by atoms with Crippen LogP contribution < -0.4 is 10.1 Å². The lowest BCUT2D eigenvalue weighted by Gasteiger charge is -2.42. The minimum Gasteiger partial charge on any atom is -0.485 e. The van der Waals surface area contributed by atoms with Crippen LogP contribution in [0.1, 0.15) is 31.0 Å². The molecule has 3 rings (SSSR count). The van der Waals surface area contributed by atoms with E-state index in [-0.39, 0.29) is 6.04 Å². The number of hydrogen-bond acceptors (Lipinski definition) is 3. The van der Waals surface area contributed by atoms with Gasteiger partial charge in [0.15, 0.2) is 5.69 Å². The van der Waals surface area contributed by atoms with Crippen molar-refractivity contribution in [3.63, 3.8) is 0 Å². The van der Waals surface area contributed by atoms with Crippen LogP contribution in [0.25, 0.3) is 4.85 Å². The number of aliphatic hydroxyl groups is 1. The molecule has 124 valence electrons. The number of aliphatic hydroxyl groups excluding tert-OH is 1. The van der Waals surface area contributed by atoms with Gasteiger partial charge in [0.05, 0.1) is 12.6 Å². The first-order valence-corrected chi connectivity index (χ1v) is 8.17. The van der Waals surface area contributed by atoms with Gasteiger partial charge < -0.3 is 15.2 Å². The molecule has 0 saturated carbocycles. The molecule has 0 spiro atoms. The van der Waals surface area contributed by atoms with Gasteiger partial charge in [0.2, 0.25) is 0 Å². The smallest absolute Gasteiger partial charge is 0.187 e. The van der Waals surface area contributed by atoms with Crippen molar-refractivity contribution < 1.29 is 9.84 Å². The van der Waals surface area contributed by atoms with E-state index in [9.17, 15) is 5.11 Å². The Labute approximate surface area is 142 Å². The van der Waals surface area contributed by atoms with Crippen LogP contribution in [0.5, 0.6) is 5.75 Å². The molecule has 0 aromatic heterocycles. The average molecular weight is 322 g/mol. The Morgan fingerprint density at radius 2 is 1.96 bits per heavy atom. The number of hydrogen-bond donors (Lipinski definition) is 2. The Morgan fingerprint density at radius 3 is 2.67 bits per heavy atom. The molecule has 0 amide bonds. The fourth-order valence-corrected chi connectivity index (χ4v) is 3.09. The molecular formula is C20H22N2O2. The number of nitrogens with one attached hydrogen (secondary N) is 1. The molecule has 4 nitrogen and oxygen atoms in total. The van der Waals surface area contributed by atoms with Crippen LogP contribution in [0.3, 0.4) is 0 Å². The quantitative estimate of drug-likeness (QED) is 0.845. The van der Waals surface area contributed by atoms with E-state index >= 15 is 0 Å². The number of fused-ring (bicyclic) bond motifs is 1. The maximum absolute atomic E-state index is 10.7. The standard InChI is InChI=1S/C20H22N2O2/c1-20(2)19(23)18(22-12-11-14-7-5-4-6-8-14)16-13-15(21-3)9-10-17(16)24-20/h4-10,13,18-19,22-23H,11-12H2,1-2H3. The highest BCUT2D eigenvalue weighted by Gasteiger charge is 2.42. The molecule has 2 aromatic rings. The van der Waals surface area contributed by atoms with E-state index in [0.717, 1.165) is 24.3 Å². The van der Waals surface area contributed by atoms with Crippen LogP contribution in [0.2, 0.25) is 0 Å². The van der Waals surface area contributed by atoms with Crippen molar-refractivity contribution in [1.29, 1.82) is 0 Å². The molecule has 2 aromatic carbocycles. The van der Waals surface area contributed by atoms with Crippen LogP contribution in [0.4, 0.5) is 5.69 Å². The summed E-state index contributed by atoms with van der Waals surface area (Å²) in [5.74, 6) is 0.731. The lowest BCUT2D eigenvalue weighted by Crippen LogP contribution is -2.52. The summed E-state index contributed by atoms with van der Waals surface area (Å²) in [5, 5.41) is 14.2. The molecule has 24 heavy (non-hydrogen) atoms. The first kappa shape index (κ1) is 16.5. The van der Waals surface area contributed by atoms with Crippen LogP contribution >= 0.6 is 0 Å². The number of rotatable bonds is 4. The second-order valence-corrected chi connectivity index (χ2v) is 6.65. The summed E-state index contributed by atoms with van der Waals surface area (Å²) in [5.41, 5.74) is 1.97. The predicted molar refractivity (Wildman–Crippen MR) is 94.3 cm³/mol. The van der Waals surface area contributed by atoms with Gasteiger partial charge in [-0.1, -0.05) is 36.4 Å². The van der Waals surface area contributed by atoms with Gasteiger partial charge in [-0.15, -0.1) is 0 Å². The van der Waals surface area contributed by atoms with E-state index in [1.807, 2.05) is 38.1 Å². The molecule has 0 fully saturated rings. The molecule has 0 radical (unpaired) electrons. The molecule has 2 N–H and O–H groups in total. The fourth-order valence-electron chi connectivity index (χ4n) is 3.09. The van der Waals surface area contributed by atoms with E-state index in [0.29, 0.717) is 5.69 Å². The van der Waals surface area contributed by atoms with Gasteiger partial charge in [0, 0.05) is 5.56 Å². The van der Waals surface area contributed by atoms with Crippen molar-refractivity contribution in [3.05, 3.63) is 71.1 Å². The molecule has 1 heterocycles. The van der Waals surface area contributed by atoms with Gasteiger partial charge >= 0.3 is 0 Å². The molecule has 0 bridgehead atoms. The fraction of sp³-hybridized carbons (Fsp3) is 0.350. The SMILES string of the molecule is [C-]#[N+]c1ccc2c(c1)C(NCCc1ccccc1)C(O)C(C)(C)O2. The lowest BCUT2D eigenvalue weighted by atomic mass is 9.86. The van der Waals surface area contributed by atoms with Gasteiger partial charge in [-0.3, -0.25) is 0 Å². The molecule has 1 aliphatic heterocycles. The Bertz CT molecular complexity index is 750. The Morgan fingerprint density at radius 1 is 1.21 bits per heavy atom. The molecule has 2 atom stereocenters. The van der Waals surface area contributed by atoms with Crippen LogP contribution in [-0.2, 0) is 6.42 Å². The van der Waals surface area contributed by atoms with Crippen molar-refractivity contribution in [1.82, 2.24) is 5.32 Å². The number of nitrogens with zero attached hydrogens (tertiary/aromatic N) is 1. The third kappa shape index (κ3) is 3.28. The minimum absolute atomic E-state index is 0.255. The van der Waals surface area contributed by atoms with Crippen molar-refractivity contribution in [2.75, 3.05) is 6.54 Å². The third-order valence-electron chi connectivity index (χ3n) is 4.48. The van der Waals surface area contributed by atoms with Gasteiger partial charge in [-0.25, -0.2) is 4.85 Å². The number of benzene rings is 2. The predicted octanol–water partition coefficient (Wildman–Crippen LogP) is 3.64. The van der Waals surface area contributed by atoms with E-state index < -0.39 is 11.7 Å². The normalized spacial score (nSPS) is 21.4. The Kier molecular flexibility index (Phi) is 4.57. The summed E-state index contributed by atoms with van der Waals surface area (Å²) in [6.45, 7) is 11.7. The van der Waals surface area contributed by atoms with Crippen LogP contribution in [0.15, 0.2) is 48.5 Å². The van der Waals surface area contributed by atoms with Crippen molar-refractivity contribution >= 4 is 5.69 Å². The third-order valence-corrected chi connectivity index (χ3v) is 4.48. The van der Waals surface area contributed by atoms with E-state index in [4.69, 9.17) is 11.3 Å². The summed E-state index contributed by atoms with van der Waals surface area (Å²) >= 11 is 0. The van der Waals surface area contributed by atoms with E-state index in [1.54, 1.807) is 12.1 Å². The van der Waals surface area contributed by atoms with Crippen molar-refractivity contribution in [2.45, 2.75) is 38.0 Å². The Balaban J connectivity index is 1.81. The molecular weight excluding hydrogens is 300 g/mol. The lowest BCUT2D eigenvalue weighted by molar-refractivity contribution is -0.0643. The highest BCUT2D eigenvalue weighted by atomic mass is 16.5. The molecule has 0 saturated heterocycles. The highest BCUT2D eigenvalue weighted by molar-refractivity contribution is 5.54. The van der Waals surface area contributed by atoms with Crippen molar-refractivity contribution in [2.24, 2.45) is 0 Å². The zero-order valence-corrected chi connectivity index (χ0v) is 14.0. The zero-order valence-electron chi connectivity index (χ0n) is 14.0.